The third kappa shape index (κ3) is 5.87. The van der Waals surface area contributed by atoms with Crippen molar-refractivity contribution in [3.63, 3.8) is 0 Å². The molecule has 0 unspecified atom stereocenters. The van der Waals surface area contributed by atoms with Crippen LogP contribution in [0, 0.1) is 0 Å². The van der Waals surface area contributed by atoms with Crippen molar-refractivity contribution in [2.75, 3.05) is 13.7 Å². The van der Waals surface area contributed by atoms with Crippen LogP contribution in [0.15, 0.2) is 0 Å². The Morgan fingerprint density at radius 3 is 2.00 bits per heavy atom. The van der Waals surface area contributed by atoms with Crippen molar-refractivity contribution < 1.29 is 4.74 Å². The minimum absolute atomic E-state index is 0. The Bertz CT molecular complexity index is 84.2. The first-order chi connectivity index (χ1) is 4.68. The van der Waals surface area contributed by atoms with Crippen LogP contribution in [0.2, 0.25) is 0 Å². The Labute approximate surface area is 83.8 Å². The smallest absolute Gasteiger partial charge is 0.0474 e. The minimum Gasteiger partial charge on any atom is -0.385 e. The van der Waals surface area contributed by atoms with E-state index in [4.69, 9.17) is 4.74 Å². The van der Waals surface area contributed by atoms with Crippen molar-refractivity contribution in [3.05, 3.63) is 0 Å². The molecular weight excluding hydrogens is 253 g/mol. The summed E-state index contributed by atoms with van der Waals surface area (Å²) in [6.45, 7) is 5.38. The SMILES string of the molecule is CCC(I)(CC)CCOC.N. The van der Waals surface area contributed by atoms with Crippen LogP contribution in [-0.4, -0.2) is 17.1 Å². The average molecular weight is 273 g/mol. The molecule has 0 amide bonds. The Balaban J connectivity index is 0. The maximum Gasteiger partial charge on any atom is 0.0474 e. The van der Waals surface area contributed by atoms with Gasteiger partial charge in [-0.15, -0.1) is 0 Å². The molecule has 11 heavy (non-hydrogen) atoms. The van der Waals surface area contributed by atoms with E-state index in [2.05, 4.69) is 36.4 Å². The Hall–Kier alpha value is 0.650. The molecule has 0 aromatic carbocycles. The molecule has 0 aromatic heterocycles. The minimum atomic E-state index is 0. The predicted molar refractivity (Wildman–Crippen MR) is 58.8 cm³/mol. The zero-order valence-electron chi connectivity index (χ0n) is 7.82. The summed E-state index contributed by atoms with van der Waals surface area (Å²) < 4.78 is 5.52. The van der Waals surface area contributed by atoms with E-state index < -0.39 is 0 Å². The number of ether oxygens (including phenoxy) is 1. The third-order valence-corrected chi connectivity index (χ3v) is 4.09. The highest BCUT2D eigenvalue weighted by Crippen LogP contribution is 2.30. The predicted octanol–water partition coefficient (Wildman–Crippen LogP) is 3.18. The molecule has 3 heteroatoms. The molecule has 0 rings (SSSR count). The third-order valence-electron chi connectivity index (χ3n) is 2.02. The van der Waals surface area contributed by atoms with Crippen molar-refractivity contribution in [3.8, 4) is 0 Å². The summed E-state index contributed by atoms with van der Waals surface area (Å²) in [7, 11) is 1.77. The van der Waals surface area contributed by atoms with Gasteiger partial charge in [-0.05, 0) is 19.3 Å². The largest absolute Gasteiger partial charge is 0.385 e. The zero-order valence-corrected chi connectivity index (χ0v) is 9.98. The molecule has 0 heterocycles. The van der Waals surface area contributed by atoms with E-state index in [1.54, 1.807) is 7.11 Å². The van der Waals surface area contributed by atoms with Crippen LogP contribution in [0.4, 0.5) is 0 Å². The van der Waals surface area contributed by atoms with Gasteiger partial charge in [0.15, 0.2) is 0 Å². The maximum absolute atomic E-state index is 5.04. The molecule has 2 nitrogen and oxygen atoms in total. The van der Waals surface area contributed by atoms with Crippen LogP contribution in [0.5, 0.6) is 0 Å². The molecule has 0 spiro atoms. The van der Waals surface area contributed by atoms with Crippen LogP contribution in [-0.2, 0) is 4.74 Å². The molecule has 0 atom stereocenters. The van der Waals surface area contributed by atoms with E-state index in [9.17, 15) is 0 Å². The van der Waals surface area contributed by atoms with Crippen molar-refractivity contribution in [2.45, 2.75) is 36.5 Å². The second-order valence-electron chi connectivity index (χ2n) is 2.60. The van der Waals surface area contributed by atoms with Crippen LogP contribution in [0.3, 0.4) is 0 Å². The maximum atomic E-state index is 5.04. The lowest BCUT2D eigenvalue weighted by molar-refractivity contribution is 0.184. The van der Waals surface area contributed by atoms with E-state index >= 15 is 0 Å². The van der Waals surface area contributed by atoms with Gasteiger partial charge in [0.1, 0.15) is 0 Å². The van der Waals surface area contributed by atoms with E-state index in [0.29, 0.717) is 3.42 Å². The summed E-state index contributed by atoms with van der Waals surface area (Å²) in [5.74, 6) is 0. The molecule has 70 valence electrons. The highest BCUT2D eigenvalue weighted by Gasteiger charge is 2.20. The van der Waals surface area contributed by atoms with Gasteiger partial charge in [-0.25, -0.2) is 0 Å². The fourth-order valence-corrected chi connectivity index (χ4v) is 1.11. The fraction of sp³-hybridized carbons (Fsp3) is 1.00. The van der Waals surface area contributed by atoms with Crippen molar-refractivity contribution in [2.24, 2.45) is 0 Å². The molecule has 0 aliphatic carbocycles. The first-order valence-corrected chi connectivity index (χ1v) is 4.94. The van der Waals surface area contributed by atoms with Crippen molar-refractivity contribution in [1.29, 1.82) is 0 Å². The first kappa shape index (κ1) is 14.2. The fourth-order valence-electron chi connectivity index (χ4n) is 0.889. The molecule has 0 radical (unpaired) electrons. The lowest BCUT2D eigenvalue weighted by Crippen LogP contribution is -2.19. The lowest BCUT2D eigenvalue weighted by atomic mass is 10.0. The molecule has 0 aliphatic heterocycles. The van der Waals surface area contributed by atoms with Crippen LogP contribution in [0.25, 0.3) is 0 Å². The van der Waals surface area contributed by atoms with E-state index in [0.717, 1.165) is 6.61 Å². The van der Waals surface area contributed by atoms with Gasteiger partial charge in [0.2, 0.25) is 0 Å². The lowest BCUT2D eigenvalue weighted by Gasteiger charge is -2.23. The quantitative estimate of drug-likeness (QED) is 0.617. The van der Waals surface area contributed by atoms with Crippen molar-refractivity contribution >= 4 is 22.6 Å². The monoisotopic (exact) mass is 273 g/mol. The standard InChI is InChI=1S/C8H17IO.H3N/c1-4-8(9,5-2)6-7-10-3;/h4-7H2,1-3H3;1H3. The summed E-state index contributed by atoms with van der Waals surface area (Å²) in [5, 5.41) is 0. The van der Waals surface area contributed by atoms with E-state index in [1.165, 1.54) is 19.3 Å². The average Bonchev–Trinajstić information content (AvgIpc) is 2.00. The second kappa shape index (κ2) is 7.31. The molecule has 0 saturated heterocycles. The second-order valence-corrected chi connectivity index (χ2v) is 4.89. The van der Waals surface area contributed by atoms with Gasteiger partial charge in [0.05, 0.1) is 0 Å². The molecule has 0 aliphatic rings. The van der Waals surface area contributed by atoms with Gasteiger partial charge in [0.25, 0.3) is 0 Å². The number of methoxy groups -OCH3 is 1. The summed E-state index contributed by atoms with van der Waals surface area (Å²) >= 11 is 2.55. The summed E-state index contributed by atoms with van der Waals surface area (Å²) in [4.78, 5) is 0. The Kier molecular flexibility index (Phi) is 9.43. The first-order valence-electron chi connectivity index (χ1n) is 3.86. The van der Waals surface area contributed by atoms with Crippen molar-refractivity contribution in [1.82, 2.24) is 6.15 Å². The van der Waals surface area contributed by atoms with Gasteiger partial charge in [-0.3, -0.25) is 0 Å². The summed E-state index contributed by atoms with van der Waals surface area (Å²) in [6.07, 6.45) is 3.66. The number of halogens is 1. The van der Waals surface area contributed by atoms with Gasteiger partial charge in [-0.1, -0.05) is 36.4 Å². The molecule has 3 N–H and O–H groups in total. The molecule has 0 fully saturated rings. The molecular formula is C8H20INO. The van der Waals surface area contributed by atoms with E-state index in [-0.39, 0.29) is 6.15 Å². The van der Waals surface area contributed by atoms with Crippen LogP contribution >= 0.6 is 22.6 Å². The normalized spacial score (nSPS) is 10.9. The van der Waals surface area contributed by atoms with Gasteiger partial charge in [0, 0.05) is 17.1 Å². The molecule has 0 aromatic rings. The van der Waals surface area contributed by atoms with Gasteiger partial charge in [-0.2, -0.15) is 0 Å². The Morgan fingerprint density at radius 2 is 1.73 bits per heavy atom. The number of hydrogen-bond acceptors (Lipinski definition) is 2. The molecule has 0 bridgehead atoms. The van der Waals surface area contributed by atoms with Crippen LogP contribution < -0.4 is 6.15 Å². The number of alkyl halides is 1. The topological polar surface area (TPSA) is 44.2 Å². The van der Waals surface area contributed by atoms with E-state index in [1.807, 2.05) is 0 Å². The van der Waals surface area contributed by atoms with Gasteiger partial charge < -0.3 is 10.9 Å². The number of hydrogen-bond donors (Lipinski definition) is 1. The zero-order chi connectivity index (χ0) is 8.04. The van der Waals surface area contributed by atoms with Crippen LogP contribution in [0.1, 0.15) is 33.1 Å². The summed E-state index contributed by atoms with van der Waals surface area (Å²) in [5.41, 5.74) is 0. The highest BCUT2D eigenvalue weighted by molar-refractivity contribution is 14.1. The highest BCUT2D eigenvalue weighted by atomic mass is 127. The summed E-state index contributed by atoms with van der Waals surface area (Å²) in [6, 6.07) is 0. The number of rotatable bonds is 5. The molecule has 0 saturated carbocycles. The van der Waals surface area contributed by atoms with Gasteiger partial charge >= 0.3 is 0 Å². The Morgan fingerprint density at radius 1 is 1.27 bits per heavy atom.